The summed E-state index contributed by atoms with van der Waals surface area (Å²) in [5.41, 5.74) is 1.46. The maximum Gasteiger partial charge on any atom is 0.303 e. The van der Waals surface area contributed by atoms with E-state index in [4.69, 9.17) is 14.6 Å². The normalized spacial score (nSPS) is 17.5. The lowest BCUT2D eigenvalue weighted by molar-refractivity contribution is -0.138. The second-order valence-electron chi connectivity index (χ2n) is 6.17. The number of hydrogen-bond acceptors (Lipinski definition) is 4. The molecule has 1 aromatic rings. The van der Waals surface area contributed by atoms with E-state index in [1.54, 1.807) is 12.0 Å². The molecule has 6 nitrogen and oxygen atoms in total. The van der Waals surface area contributed by atoms with Crippen LogP contribution in [0.15, 0.2) is 23.8 Å². The van der Waals surface area contributed by atoms with Gasteiger partial charge in [-0.25, -0.2) is 0 Å². The van der Waals surface area contributed by atoms with E-state index in [1.807, 2.05) is 24.3 Å². The summed E-state index contributed by atoms with van der Waals surface area (Å²) in [5, 5.41) is 8.86. The minimum Gasteiger partial charge on any atom is -0.493 e. The van der Waals surface area contributed by atoms with E-state index in [-0.39, 0.29) is 24.9 Å². The van der Waals surface area contributed by atoms with Gasteiger partial charge in [-0.15, -0.1) is 0 Å². The van der Waals surface area contributed by atoms with Crippen LogP contribution in [0.1, 0.15) is 24.8 Å². The van der Waals surface area contributed by atoms with Crippen molar-refractivity contribution in [2.75, 3.05) is 26.8 Å². The van der Waals surface area contributed by atoms with Crippen molar-refractivity contribution in [3.63, 3.8) is 0 Å². The number of rotatable bonds is 4. The monoisotopic (exact) mass is 331 g/mol. The molecule has 1 aromatic carbocycles. The van der Waals surface area contributed by atoms with E-state index in [2.05, 4.69) is 0 Å². The number of likely N-dealkylation sites (tertiary alicyclic amines) is 1. The van der Waals surface area contributed by atoms with Crippen LogP contribution in [-0.4, -0.2) is 48.7 Å². The van der Waals surface area contributed by atoms with Crippen molar-refractivity contribution >= 4 is 18.0 Å². The second kappa shape index (κ2) is 6.95. The summed E-state index contributed by atoms with van der Waals surface area (Å²) in [7, 11) is 1.59. The van der Waals surface area contributed by atoms with Crippen LogP contribution in [0.25, 0.3) is 6.08 Å². The number of methoxy groups -OCH3 is 1. The van der Waals surface area contributed by atoms with Gasteiger partial charge in [0.05, 0.1) is 12.7 Å². The standard InChI is InChI=1S/C18H21NO5/c1-23-15-4-2-3-13-10-14(11-24-17(13)15)18(22)19-7-5-12(6-8-19)9-16(20)21/h2-4,10,12H,5-9,11H2,1H3,(H,20,21). The lowest BCUT2D eigenvalue weighted by Crippen LogP contribution is -2.40. The first-order chi connectivity index (χ1) is 11.6. The summed E-state index contributed by atoms with van der Waals surface area (Å²) in [6.45, 7) is 1.42. The molecule has 24 heavy (non-hydrogen) atoms. The topological polar surface area (TPSA) is 76.1 Å². The zero-order valence-electron chi connectivity index (χ0n) is 13.7. The molecule has 0 radical (unpaired) electrons. The number of amides is 1. The number of nitrogens with zero attached hydrogens (tertiary/aromatic N) is 1. The van der Waals surface area contributed by atoms with Crippen molar-refractivity contribution in [2.45, 2.75) is 19.3 Å². The van der Waals surface area contributed by atoms with Gasteiger partial charge in [0.2, 0.25) is 0 Å². The Labute approximate surface area is 140 Å². The summed E-state index contributed by atoms with van der Waals surface area (Å²) < 4.78 is 11.0. The highest BCUT2D eigenvalue weighted by molar-refractivity contribution is 5.99. The third-order valence-corrected chi connectivity index (χ3v) is 4.57. The fourth-order valence-corrected chi connectivity index (χ4v) is 3.25. The van der Waals surface area contributed by atoms with Gasteiger partial charge in [-0.2, -0.15) is 0 Å². The molecule has 128 valence electrons. The Kier molecular flexibility index (Phi) is 4.74. The largest absolute Gasteiger partial charge is 0.493 e. The first-order valence-corrected chi connectivity index (χ1v) is 8.10. The number of ether oxygens (including phenoxy) is 2. The summed E-state index contributed by atoms with van der Waals surface area (Å²) >= 11 is 0. The van der Waals surface area contributed by atoms with Crippen molar-refractivity contribution in [2.24, 2.45) is 5.92 Å². The van der Waals surface area contributed by atoms with E-state index in [1.165, 1.54) is 0 Å². The molecule has 1 amide bonds. The van der Waals surface area contributed by atoms with Crippen LogP contribution in [0.4, 0.5) is 0 Å². The zero-order valence-corrected chi connectivity index (χ0v) is 13.7. The van der Waals surface area contributed by atoms with Gasteiger partial charge in [-0.3, -0.25) is 9.59 Å². The number of hydrogen-bond donors (Lipinski definition) is 1. The molecule has 0 aliphatic carbocycles. The Hall–Kier alpha value is -2.50. The minimum atomic E-state index is -0.770. The van der Waals surface area contributed by atoms with Crippen molar-refractivity contribution < 1.29 is 24.2 Å². The van der Waals surface area contributed by atoms with Gasteiger partial charge in [-0.05, 0) is 30.9 Å². The Balaban J connectivity index is 1.68. The average Bonchev–Trinajstić information content (AvgIpc) is 2.60. The Morgan fingerprint density at radius 2 is 2.08 bits per heavy atom. The molecule has 6 heteroatoms. The fourth-order valence-electron chi connectivity index (χ4n) is 3.25. The molecule has 2 aliphatic heterocycles. The summed E-state index contributed by atoms with van der Waals surface area (Å²) in [5.74, 6) is 0.681. The summed E-state index contributed by atoms with van der Waals surface area (Å²) in [4.78, 5) is 25.2. The molecule has 2 aliphatic rings. The molecule has 1 N–H and O–H groups in total. The number of aliphatic carboxylic acids is 1. The maximum absolute atomic E-state index is 12.7. The number of carbonyl (C=O) groups is 2. The molecule has 1 fully saturated rings. The zero-order chi connectivity index (χ0) is 17.1. The summed E-state index contributed by atoms with van der Waals surface area (Å²) in [6.07, 6.45) is 3.50. The predicted octanol–water partition coefficient (Wildman–Crippen LogP) is 2.18. The number of fused-ring (bicyclic) bond motifs is 1. The third kappa shape index (κ3) is 3.37. The smallest absolute Gasteiger partial charge is 0.303 e. The van der Waals surface area contributed by atoms with Crippen LogP contribution in [0.2, 0.25) is 0 Å². The van der Waals surface area contributed by atoms with Gasteiger partial charge in [0.1, 0.15) is 6.61 Å². The molecular formula is C18H21NO5. The van der Waals surface area contributed by atoms with E-state index in [9.17, 15) is 9.59 Å². The maximum atomic E-state index is 12.7. The van der Waals surface area contributed by atoms with Crippen LogP contribution < -0.4 is 9.47 Å². The minimum absolute atomic E-state index is 0.0303. The molecule has 0 unspecified atom stereocenters. The van der Waals surface area contributed by atoms with Crippen molar-refractivity contribution in [3.05, 3.63) is 29.3 Å². The summed E-state index contributed by atoms with van der Waals surface area (Å²) in [6, 6.07) is 5.58. The highest BCUT2D eigenvalue weighted by atomic mass is 16.5. The van der Waals surface area contributed by atoms with Gasteiger partial charge in [0.15, 0.2) is 11.5 Å². The van der Waals surface area contributed by atoms with Crippen LogP contribution in [-0.2, 0) is 9.59 Å². The van der Waals surface area contributed by atoms with Crippen molar-refractivity contribution in [1.82, 2.24) is 4.90 Å². The molecule has 2 heterocycles. The van der Waals surface area contributed by atoms with Crippen molar-refractivity contribution in [3.8, 4) is 11.5 Å². The van der Waals surface area contributed by atoms with Crippen LogP contribution in [0, 0.1) is 5.92 Å². The molecule has 0 aromatic heterocycles. The number of para-hydroxylation sites is 1. The van der Waals surface area contributed by atoms with E-state index in [0.717, 1.165) is 18.4 Å². The van der Waals surface area contributed by atoms with Crippen LogP contribution in [0.3, 0.4) is 0 Å². The van der Waals surface area contributed by atoms with E-state index in [0.29, 0.717) is 30.2 Å². The molecular weight excluding hydrogens is 310 g/mol. The van der Waals surface area contributed by atoms with E-state index < -0.39 is 5.97 Å². The SMILES string of the molecule is COc1cccc2c1OCC(C(=O)N1CCC(CC(=O)O)CC1)=C2. The molecule has 0 spiro atoms. The van der Waals surface area contributed by atoms with Crippen LogP contribution >= 0.6 is 0 Å². The second-order valence-corrected chi connectivity index (χ2v) is 6.17. The highest BCUT2D eigenvalue weighted by Crippen LogP contribution is 2.36. The number of carboxylic acid groups (broad SMARTS) is 1. The van der Waals surface area contributed by atoms with Gasteiger partial charge in [0.25, 0.3) is 5.91 Å². The van der Waals surface area contributed by atoms with Crippen LogP contribution in [0.5, 0.6) is 11.5 Å². The quantitative estimate of drug-likeness (QED) is 0.915. The lowest BCUT2D eigenvalue weighted by Gasteiger charge is -2.32. The highest BCUT2D eigenvalue weighted by Gasteiger charge is 2.28. The van der Waals surface area contributed by atoms with E-state index >= 15 is 0 Å². The number of benzene rings is 1. The predicted molar refractivity (Wildman–Crippen MR) is 88.0 cm³/mol. The molecule has 3 rings (SSSR count). The number of carbonyl (C=O) groups excluding carboxylic acids is 1. The number of piperidine rings is 1. The van der Waals surface area contributed by atoms with Gasteiger partial charge >= 0.3 is 5.97 Å². The molecule has 1 saturated heterocycles. The Morgan fingerprint density at radius 1 is 1.33 bits per heavy atom. The third-order valence-electron chi connectivity index (χ3n) is 4.57. The first-order valence-electron chi connectivity index (χ1n) is 8.10. The van der Waals surface area contributed by atoms with Gasteiger partial charge < -0.3 is 19.5 Å². The molecule has 0 atom stereocenters. The Bertz CT molecular complexity index is 674. The Morgan fingerprint density at radius 3 is 2.75 bits per heavy atom. The molecule has 0 bridgehead atoms. The van der Waals surface area contributed by atoms with Gasteiger partial charge in [0, 0.05) is 25.1 Å². The fraction of sp³-hybridized carbons (Fsp3) is 0.444. The first kappa shape index (κ1) is 16.4. The lowest BCUT2D eigenvalue weighted by atomic mass is 9.93. The molecule has 0 saturated carbocycles. The average molecular weight is 331 g/mol. The number of carboxylic acids is 1. The van der Waals surface area contributed by atoms with Gasteiger partial charge in [-0.1, -0.05) is 12.1 Å². The van der Waals surface area contributed by atoms with Crippen molar-refractivity contribution in [1.29, 1.82) is 0 Å².